The second-order valence-electron chi connectivity index (χ2n) is 13.6. The zero-order valence-corrected chi connectivity index (χ0v) is 28.1. The lowest BCUT2D eigenvalue weighted by Crippen LogP contribution is -1.89. The number of nitrogens with one attached hydrogen (secondary N) is 2. The van der Waals surface area contributed by atoms with Gasteiger partial charge in [0.05, 0.1) is 22.8 Å². The van der Waals surface area contributed by atoms with E-state index in [2.05, 4.69) is 180 Å². The topological polar surface area (TPSA) is 57.4 Å². The van der Waals surface area contributed by atoms with Crippen molar-refractivity contribution < 1.29 is 0 Å². The molecule has 3 aromatic heterocycles. The van der Waals surface area contributed by atoms with Gasteiger partial charge in [0, 0.05) is 33.2 Å². The molecule has 0 unspecified atom stereocenters. The van der Waals surface area contributed by atoms with Gasteiger partial charge >= 0.3 is 0 Å². The van der Waals surface area contributed by atoms with E-state index in [1.165, 1.54) is 43.1 Å². The maximum absolute atomic E-state index is 5.25. The fourth-order valence-electron chi connectivity index (χ4n) is 8.16. The van der Waals surface area contributed by atoms with Gasteiger partial charge in [0.1, 0.15) is 0 Å². The van der Waals surface area contributed by atoms with Gasteiger partial charge in [-0.2, -0.15) is 0 Å². The second kappa shape index (κ2) is 11.2. The van der Waals surface area contributed by atoms with Gasteiger partial charge in [-0.1, -0.05) is 97.1 Å². The predicted molar refractivity (Wildman–Crippen MR) is 220 cm³/mol. The van der Waals surface area contributed by atoms with Crippen molar-refractivity contribution in [2.45, 2.75) is 0 Å². The van der Waals surface area contributed by atoms with Crippen LogP contribution in [0.4, 0.5) is 0 Å². The number of fused-ring (bicyclic) bond motifs is 14. The van der Waals surface area contributed by atoms with Gasteiger partial charge in [-0.25, -0.2) is 9.97 Å². The highest BCUT2D eigenvalue weighted by atomic mass is 14.8. The third-order valence-corrected chi connectivity index (χ3v) is 10.5. The normalized spacial score (nSPS) is 12.5. The minimum Gasteiger partial charge on any atom is -0.355 e. The quantitative estimate of drug-likeness (QED) is 0.181. The third kappa shape index (κ3) is 4.55. The van der Waals surface area contributed by atoms with Crippen LogP contribution in [0, 0.1) is 0 Å². The molecule has 4 nitrogen and oxygen atoms in total. The molecule has 0 amide bonds. The number of nitrogens with zero attached hydrogens (tertiary/aromatic N) is 2. The molecule has 0 atom stereocenters. The van der Waals surface area contributed by atoms with Crippen molar-refractivity contribution in [1.29, 1.82) is 0 Å². The van der Waals surface area contributed by atoms with Gasteiger partial charge in [0.2, 0.25) is 0 Å². The number of hydrogen-bond acceptors (Lipinski definition) is 2. The summed E-state index contributed by atoms with van der Waals surface area (Å²) < 4.78 is 0. The predicted octanol–water partition coefficient (Wildman–Crippen LogP) is 12.6. The van der Waals surface area contributed by atoms with Gasteiger partial charge < -0.3 is 9.97 Å². The molecule has 0 aliphatic carbocycles. The molecule has 6 aromatic carbocycles. The first kappa shape index (κ1) is 28.8. The van der Waals surface area contributed by atoms with Crippen LogP contribution in [0.25, 0.3) is 112 Å². The molecule has 2 N–H and O–H groups in total. The Bertz CT molecular complexity index is 2980. The molecular formula is C48H30N4. The van der Waals surface area contributed by atoms with Gasteiger partial charge in [-0.15, -0.1) is 0 Å². The molecule has 9 aromatic rings. The van der Waals surface area contributed by atoms with E-state index in [0.717, 1.165) is 67.1 Å². The Hall–Kier alpha value is -7.04. The van der Waals surface area contributed by atoms with Gasteiger partial charge in [-0.05, 0) is 127 Å². The summed E-state index contributed by atoms with van der Waals surface area (Å²) in [4.78, 5) is 18.0. The molecule has 0 saturated carbocycles. The van der Waals surface area contributed by atoms with Crippen molar-refractivity contribution >= 4 is 89.5 Å². The Kier molecular flexibility index (Phi) is 6.22. The first-order valence-electron chi connectivity index (χ1n) is 17.7. The highest BCUT2D eigenvalue weighted by Crippen LogP contribution is 2.41. The van der Waals surface area contributed by atoms with E-state index in [4.69, 9.17) is 9.97 Å². The number of H-pyrrole nitrogens is 2. The van der Waals surface area contributed by atoms with Crippen LogP contribution >= 0.6 is 0 Å². The number of hydrogen-bond donors (Lipinski definition) is 2. The van der Waals surface area contributed by atoms with Crippen molar-refractivity contribution in [3.63, 3.8) is 0 Å². The smallest absolute Gasteiger partial charge is 0.0737 e. The standard InChI is InChI=1S/C48H30N4/c1-3-11-35-29(9-1)25-41(39-15-7-5-13-37(35)39)47-43-21-17-31(49-43)27-33-19-23-45(51-33)48(46-24-20-34(52-46)28-32-18-22-44(47)50-32)42-26-30-10-2-4-12-36(30)38-14-6-8-16-40(38)42/h1-28,49,52H. The first-order valence-corrected chi connectivity index (χ1v) is 17.7. The highest BCUT2D eigenvalue weighted by molar-refractivity contribution is 6.17. The van der Waals surface area contributed by atoms with E-state index in [1.807, 2.05) is 0 Å². The zero-order valence-electron chi connectivity index (χ0n) is 28.1. The molecule has 242 valence electrons. The van der Waals surface area contributed by atoms with Crippen LogP contribution in [0.5, 0.6) is 0 Å². The highest BCUT2D eigenvalue weighted by Gasteiger charge is 2.18. The molecule has 0 fully saturated rings. The average Bonchev–Trinajstić information content (AvgIpc) is 4.02. The molecule has 52 heavy (non-hydrogen) atoms. The van der Waals surface area contributed by atoms with E-state index in [1.54, 1.807) is 0 Å². The summed E-state index contributed by atoms with van der Waals surface area (Å²) in [7, 11) is 0. The largest absolute Gasteiger partial charge is 0.355 e. The van der Waals surface area contributed by atoms with Crippen LogP contribution in [0.3, 0.4) is 0 Å². The van der Waals surface area contributed by atoms with E-state index in [-0.39, 0.29) is 0 Å². The van der Waals surface area contributed by atoms with Crippen molar-refractivity contribution in [2.24, 2.45) is 0 Å². The van der Waals surface area contributed by atoms with Crippen molar-refractivity contribution in [1.82, 2.24) is 19.9 Å². The van der Waals surface area contributed by atoms with Crippen molar-refractivity contribution in [2.75, 3.05) is 0 Å². The lowest BCUT2D eigenvalue weighted by molar-refractivity contribution is 1.31. The molecule has 2 aliphatic rings. The summed E-state index contributed by atoms with van der Waals surface area (Å²) in [5.41, 5.74) is 12.0. The molecule has 2 aliphatic heterocycles. The minimum atomic E-state index is 0.892. The van der Waals surface area contributed by atoms with E-state index in [9.17, 15) is 0 Å². The van der Waals surface area contributed by atoms with Gasteiger partial charge in [0.25, 0.3) is 0 Å². The van der Waals surface area contributed by atoms with Crippen LogP contribution in [0.1, 0.15) is 22.8 Å². The van der Waals surface area contributed by atoms with Gasteiger partial charge in [-0.3, -0.25) is 0 Å². The Balaban J connectivity index is 1.23. The van der Waals surface area contributed by atoms with E-state index >= 15 is 0 Å². The van der Waals surface area contributed by atoms with Crippen LogP contribution in [-0.4, -0.2) is 19.9 Å². The molecule has 0 saturated heterocycles. The summed E-state index contributed by atoms with van der Waals surface area (Å²) >= 11 is 0. The van der Waals surface area contributed by atoms with Gasteiger partial charge in [0.15, 0.2) is 0 Å². The van der Waals surface area contributed by atoms with E-state index < -0.39 is 0 Å². The number of aromatic nitrogens is 4. The fourth-order valence-corrected chi connectivity index (χ4v) is 8.16. The Labute approximate surface area is 299 Å². The third-order valence-electron chi connectivity index (χ3n) is 10.5. The monoisotopic (exact) mass is 662 g/mol. The van der Waals surface area contributed by atoms with Crippen LogP contribution in [-0.2, 0) is 0 Å². The molecule has 0 radical (unpaired) electrons. The maximum Gasteiger partial charge on any atom is 0.0737 e. The summed E-state index contributed by atoms with van der Waals surface area (Å²) in [6.07, 6.45) is 8.50. The summed E-state index contributed by atoms with van der Waals surface area (Å²) in [6, 6.07) is 52.1. The Morgan fingerprint density at radius 3 is 1.21 bits per heavy atom. The number of benzene rings is 6. The second-order valence-corrected chi connectivity index (χ2v) is 13.6. The molecule has 8 bridgehead atoms. The number of aromatic amines is 2. The SMILES string of the molecule is C1=Cc2nc1cc1ccc([nH]1)c(-c1cc3ccccc3c3ccccc13)c1nc(cc3ccc([nH]3)c2-c2cc3ccccc3c3ccccc23)C=C1. The zero-order chi connectivity index (χ0) is 34.2. The Morgan fingerprint density at radius 1 is 0.346 bits per heavy atom. The molecule has 4 heteroatoms. The first-order chi connectivity index (χ1) is 25.7. The summed E-state index contributed by atoms with van der Waals surface area (Å²) in [5, 5.41) is 9.73. The molecule has 5 heterocycles. The molecular weight excluding hydrogens is 633 g/mol. The maximum atomic E-state index is 5.25. The average molecular weight is 663 g/mol. The minimum absolute atomic E-state index is 0.892. The lowest BCUT2D eigenvalue weighted by atomic mass is 9.92. The van der Waals surface area contributed by atoms with Crippen molar-refractivity contribution in [3.8, 4) is 22.3 Å². The van der Waals surface area contributed by atoms with Crippen LogP contribution in [0.2, 0.25) is 0 Å². The van der Waals surface area contributed by atoms with E-state index in [0.29, 0.717) is 0 Å². The molecule has 0 spiro atoms. The lowest BCUT2D eigenvalue weighted by Gasteiger charge is -2.12. The fraction of sp³-hybridized carbons (Fsp3) is 0. The van der Waals surface area contributed by atoms with Crippen molar-refractivity contribution in [3.05, 3.63) is 168 Å². The summed E-state index contributed by atoms with van der Waals surface area (Å²) in [6.45, 7) is 0. The van der Waals surface area contributed by atoms with Crippen LogP contribution < -0.4 is 0 Å². The summed E-state index contributed by atoms with van der Waals surface area (Å²) in [5.74, 6) is 0. The Morgan fingerprint density at radius 2 is 0.750 bits per heavy atom. The molecule has 11 rings (SSSR count). The number of rotatable bonds is 2. The van der Waals surface area contributed by atoms with Crippen LogP contribution in [0.15, 0.2) is 146 Å².